The summed E-state index contributed by atoms with van der Waals surface area (Å²) in [5, 5.41) is 0.794. The van der Waals surface area contributed by atoms with Crippen LogP contribution in [0.1, 0.15) is 5.69 Å². The van der Waals surface area contributed by atoms with Crippen molar-refractivity contribution in [3.05, 3.63) is 29.8 Å². The molecule has 0 amide bonds. The number of hydrogen-bond donors (Lipinski definition) is 1. The van der Waals surface area contributed by atoms with Gasteiger partial charge in [-0.2, -0.15) is 0 Å². The number of nitrogens with two attached hydrogens (primary N) is 1. The lowest BCUT2D eigenvalue weighted by molar-refractivity contribution is 0.623. The fraction of sp³-hybridized carbons (Fsp3) is 0.222. The lowest BCUT2D eigenvalue weighted by Gasteiger charge is -1.98. The van der Waals surface area contributed by atoms with Crippen molar-refractivity contribution in [1.29, 1.82) is 0 Å². The van der Waals surface area contributed by atoms with Gasteiger partial charge in [-0.3, -0.25) is 0 Å². The van der Waals surface area contributed by atoms with Crippen LogP contribution in [0.15, 0.2) is 18.3 Å². The largest absolute Gasteiger partial charge is 0.331 e. The Labute approximate surface area is 75.0 Å². The molecule has 0 radical (unpaired) electrons. The number of halogens is 1. The molecule has 4 heteroatoms. The first-order valence-corrected chi connectivity index (χ1v) is 4.02. The Bertz CT molecular complexity index is 447. The SMILES string of the molecule is Cn1c(CN)cc2cc(F)cnc21. The number of fused-ring (bicyclic) bond motifs is 1. The fourth-order valence-electron chi connectivity index (χ4n) is 1.44. The number of hydrogen-bond acceptors (Lipinski definition) is 2. The highest BCUT2D eigenvalue weighted by Gasteiger charge is 2.05. The third kappa shape index (κ3) is 1.19. The highest BCUT2D eigenvalue weighted by molar-refractivity contribution is 5.77. The number of pyridine rings is 1. The molecular weight excluding hydrogens is 169 g/mol. The summed E-state index contributed by atoms with van der Waals surface area (Å²) in [6, 6.07) is 3.31. The van der Waals surface area contributed by atoms with E-state index in [9.17, 15) is 4.39 Å². The van der Waals surface area contributed by atoms with Gasteiger partial charge in [0, 0.05) is 24.7 Å². The predicted octanol–water partition coefficient (Wildman–Crippen LogP) is 1.17. The molecule has 0 saturated carbocycles. The smallest absolute Gasteiger partial charge is 0.142 e. The first-order chi connectivity index (χ1) is 6.22. The van der Waals surface area contributed by atoms with Crippen LogP contribution < -0.4 is 5.73 Å². The molecule has 2 heterocycles. The molecule has 2 aromatic heterocycles. The zero-order valence-electron chi connectivity index (χ0n) is 7.29. The van der Waals surface area contributed by atoms with Crippen LogP contribution in [-0.4, -0.2) is 9.55 Å². The van der Waals surface area contributed by atoms with Crippen molar-refractivity contribution >= 4 is 11.0 Å². The Hall–Kier alpha value is -1.42. The molecule has 2 rings (SSSR count). The van der Waals surface area contributed by atoms with Crippen LogP contribution in [0.3, 0.4) is 0 Å². The highest BCUT2D eigenvalue weighted by atomic mass is 19.1. The molecule has 0 aliphatic rings. The molecule has 0 atom stereocenters. The summed E-state index contributed by atoms with van der Waals surface area (Å²) < 4.78 is 14.6. The number of rotatable bonds is 1. The first kappa shape index (κ1) is 8.19. The Balaban J connectivity index is 2.76. The van der Waals surface area contributed by atoms with E-state index in [1.165, 1.54) is 12.3 Å². The molecular formula is C9H10FN3. The predicted molar refractivity (Wildman–Crippen MR) is 48.6 cm³/mol. The van der Waals surface area contributed by atoms with Gasteiger partial charge in [-0.1, -0.05) is 0 Å². The van der Waals surface area contributed by atoms with Crippen LogP contribution in [-0.2, 0) is 13.6 Å². The van der Waals surface area contributed by atoms with Crippen LogP contribution in [0.5, 0.6) is 0 Å². The summed E-state index contributed by atoms with van der Waals surface area (Å²) in [5.41, 5.74) is 7.23. The van der Waals surface area contributed by atoms with E-state index in [1.807, 2.05) is 17.7 Å². The topological polar surface area (TPSA) is 43.8 Å². The second kappa shape index (κ2) is 2.81. The third-order valence-electron chi connectivity index (χ3n) is 2.14. The molecule has 0 aliphatic carbocycles. The van der Waals surface area contributed by atoms with Gasteiger partial charge >= 0.3 is 0 Å². The maximum absolute atomic E-state index is 12.8. The van der Waals surface area contributed by atoms with Crippen molar-refractivity contribution < 1.29 is 4.39 Å². The number of nitrogens with zero attached hydrogens (tertiary/aromatic N) is 2. The summed E-state index contributed by atoms with van der Waals surface area (Å²) in [5.74, 6) is -0.318. The van der Waals surface area contributed by atoms with Crippen molar-refractivity contribution in [2.75, 3.05) is 0 Å². The molecule has 68 valence electrons. The van der Waals surface area contributed by atoms with Gasteiger partial charge < -0.3 is 10.3 Å². The highest BCUT2D eigenvalue weighted by Crippen LogP contribution is 2.16. The maximum Gasteiger partial charge on any atom is 0.142 e. The molecule has 2 aromatic rings. The third-order valence-corrected chi connectivity index (χ3v) is 2.14. The molecule has 0 bridgehead atoms. The van der Waals surface area contributed by atoms with E-state index in [1.54, 1.807) is 0 Å². The van der Waals surface area contributed by atoms with Crippen LogP contribution in [0.4, 0.5) is 4.39 Å². The first-order valence-electron chi connectivity index (χ1n) is 4.02. The van der Waals surface area contributed by atoms with Crippen molar-refractivity contribution in [2.45, 2.75) is 6.54 Å². The van der Waals surface area contributed by atoms with E-state index in [0.717, 1.165) is 16.7 Å². The normalized spacial score (nSPS) is 11.0. The van der Waals surface area contributed by atoms with Crippen molar-refractivity contribution in [3.63, 3.8) is 0 Å². The summed E-state index contributed by atoms with van der Waals surface area (Å²) in [4.78, 5) is 3.98. The van der Waals surface area contributed by atoms with Gasteiger partial charge in [-0.05, 0) is 12.1 Å². The van der Waals surface area contributed by atoms with Crippen LogP contribution >= 0.6 is 0 Å². The van der Waals surface area contributed by atoms with Gasteiger partial charge in [0.05, 0.1) is 6.20 Å². The van der Waals surface area contributed by atoms with Crippen molar-refractivity contribution in [3.8, 4) is 0 Å². The summed E-state index contributed by atoms with van der Waals surface area (Å²) in [6.45, 7) is 0.439. The van der Waals surface area contributed by atoms with Gasteiger partial charge in [-0.15, -0.1) is 0 Å². The van der Waals surface area contributed by atoms with Gasteiger partial charge in [-0.25, -0.2) is 9.37 Å². The molecule has 13 heavy (non-hydrogen) atoms. The molecule has 0 fully saturated rings. The minimum absolute atomic E-state index is 0.318. The van der Waals surface area contributed by atoms with Gasteiger partial charge in [0.15, 0.2) is 0 Å². The van der Waals surface area contributed by atoms with Crippen molar-refractivity contribution in [1.82, 2.24) is 9.55 Å². The van der Waals surface area contributed by atoms with Gasteiger partial charge in [0.25, 0.3) is 0 Å². The zero-order chi connectivity index (χ0) is 9.42. The van der Waals surface area contributed by atoms with Crippen LogP contribution in [0, 0.1) is 5.82 Å². The summed E-state index contributed by atoms with van der Waals surface area (Å²) >= 11 is 0. The van der Waals surface area contributed by atoms with E-state index in [4.69, 9.17) is 5.73 Å². The van der Waals surface area contributed by atoms with Crippen LogP contribution in [0.25, 0.3) is 11.0 Å². The molecule has 0 spiro atoms. The summed E-state index contributed by atoms with van der Waals surface area (Å²) in [6.07, 6.45) is 1.21. The minimum Gasteiger partial charge on any atom is -0.331 e. The summed E-state index contributed by atoms with van der Waals surface area (Å²) in [7, 11) is 1.87. The number of aromatic nitrogens is 2. The Morgan fingerprint density at radius 2 is 2.31 bits per heavy atom. The standard InChI is InChI=1S/C9H10FN3/c1-13-8(4-11)3-6-2-7(10)5-12-9(6)13/h2-3,5H,4,11H2,1H3. The molecule has 3 nitrogen and oxygen atoms in total. The monoisotopic (exact) mass is 179 g/mol. The molecule has 0 aliphatic heterocycles. The Morgan fingerprint density at radius 1 is 1.54 bits per heavy atom. The quantitative estimate of drug-likeness (QED) is 0.714. The Morgan fingerprint density at radius 3 is 3.00 bits per heavy atom. The molecule has 0 aromatic carbocycles. The maximum atomic E-state index is 12.8. The van der Waals surface area contributed by atoms with Crippen LogP contribution in [0.2, 0.25) is 0 Å². The lowest BCUT2D eigenvalue weighted by Crippen LogP contribution is -2.03. The van der Waals surface area contributed by atoms with E-state index in [2.05, 4.69) is 4.98 Å². The molecule has 0 unspecified atom stereocenters. The second-order valence-corrected chi connectivity index (χ2v) is 2.97. The van der Waals surface area contributed by atoms with E-state index >= 15 is 0 Å². The minimum atomic E-state index is -0.318. The Kier molecular flexibility index (Phi) is 1.77. The number of aryl methyl sites for hydroxylation is 1. The average Bonchev–Trinajstić information content (AvgIpc) is 2.42. The second-order valence-electron chi connectivity index (χ2n) is 2.97. The average molecular weight is 179 g/mol. The van der Waals surface area contributed by atoms with E-state index in [-0.39, 0.29) is 5.82 Å². The van der Waals surface area contributed by atoms with E-state index < -0.39 is 0 Å². The molecule has 2 N–H and O–H groups in total. The fourth-order valence-corrected chi connectivity index (χ4v) is 1.44. The zero-order valence-corrected chi connectivity index (χ0v) is 7.29. The lowest BCUT2D eigenvalue weighted by atomic mass is 10.3. The van der Waals surface area contributed by atoms with Crippen molar-refractivity contribution in [2.24, 2.45) is 12.8 Å². The molecule has 0 saturated heterocycles. The van der Waals surface area contributed by atoms with Gasteiger partial charge in [0.2, 0.25) is 0 Å². The van der Waals surface area contributed by atoms with Gasteiger partial charge in [0.1, 0.15) is 11.5 Å². The van der Waals surface area contributed by atoms with E-state index in [0.29, 0.717) is 6.54 Å².